The molecular formula is C10H14BrNO4S2. The maximum atomic E-state index is 11.7. The predicted molar refractivity (Wildman–Crippen MR) is 75.8 cm³/mol. The van der Waals surface area contributed by atoms with Crippen molar-refractivity contribution in [3.63, 3.8) is 0 Å². The van der Waals surface area contributed by atoms with Gasteiger partial charge in [-0.2, -0.15) is 0 Å². The molecule has 0 aliphatic carbocycles. The number of halogens is 1. The first-order chi connectivity index (χ1) is 8.09. The van der Waals surface area contributed by atoms with E-state index in [4.69, 9.17) is 5.73 Å². The second-order valence-corrected chi connectivity index (χ2v) is 9.38. The van der Waals surface area contributed by atoms with E-state index in [-0.39, 0.29) is 17.3 Å². The summed E-state index contributed by atoms with van der Waals surface area (Å²) in [6, 6.07) is 4.86. The Kier molecular flexibility index (Phi) is 4.79. The Labute approximate surface area is 115 Å². The van der Waals surface area contributed by atoms with Gasteiger partial charge in [0.15, 0.2) is 9.84 Å². The molecule has 0 aliphatic heterocycles. The summed E-state index contributed by atoms with van der Waals surface area (Å²) in [6.45, 7) is 0. The highest BCUT2D eigenvalue weighted by Crippen LogP contribution is 2.21. The molecule has 0 spiro atoms. The Morgan fingerprint density at radius 1 is 1.17 bits per heavy atom. The lowest BCUT2D eigenvalue weighted by molar-refractivity contribution is 0.589. The van der Waals surface area contributed by atoms with Crippen molar-refractivity contribution in [2.45, 2.75) is 5.75 Å². The minimum Gasteiger partial charge on any atom is -0.398 e. The van der Waals surface area contributed by atoms with Gasteiger partial charge in [-0.05, 0) is 33.6 Å². The molecule has 0 heterocycles. The van der Waals surface area contributed by atoms with Crippen molar-refractivity contribution >= 4 is 41.3 Å². The largest absolute Gasteiger partial charge is 0.398 e. The summed E-state index contributed by atoms with van der Waals surface area (Å²) < 4.78 is 46.0. The lowest BCUT2D eigenvalue weighted by Gasteiger charge is -2.06. The lowest BCUT2D eigenvalue weighted by atomic mass is 10.2. The summed E-state index contributed by atoms with van der Waals surface area (Å²) >= 11 is 3.21. The third kappa shape index (κ3) is 5.36. The Morgan fingerprint density at radius 2 is 1.78 bits per heavy atom. The molecule has 0 aromatic heterocycles. The maximum absolute atomic E-state index is 11.7. The highest BCUT2D eigenvalue weighted by Gasteiger charge is 2.16. The van der Waals surface area contributed by atoms with Crippen LogP contribution in [0.15, 0.2) is 22.7 Å². The van der Waals surface area contributed by atoms with Crippen LogP contribution in [0.2, 0.25) is 0 Å². The molecule has 1 rings (SSSR count). The number of nitrogens with two attached hydrogens (primary N) is 1. The maximum Gasteiger partial charge on any atom is 0.155 e. The van der Waals surface area contributed by atoms with Gasteiger partial charge in [-0.15, -0.1) is 0 Å². The van der Waals surface area contributed by atoms with Gasteiger partial charge in [-0.3, -0.25) is 0 Å². The summed E-state index contributed by atoms with van der Waals surface area (Å²) in [5.74, 6) is -0.941. The molecule has 0 amide bonds. The van der Waals surface area contributed by atoms with Crippen LogP contribution in [0, 0.1) is 0 Å². The molecule has 1 aromatic carbocycles. The van der Waals surface area contributed by atoms with E-state index < -0.39 is 19.7 Å². The molecule has 0 saturated heterocycles. The molecule has 18 heavy (non-hydrogen) atoms. The Hall–Kier alpha value is -0.600. The van der Waals surface area contributed by atoms with Gasteiger partial charge in [-0.25, -0.2) is 16.8 Å². The topological polar surface area (TPSA) is 94.3 Å². The summed E-state index contributed by atoms with van der Waals surface area (Å²) in [7, 11) is -6.72. The average molecular weight is 356 g/mol. The number of rotatable bonds is 5. The van der Waals surface area contributed by atoms with Crippen LogP contribution in [-0.2, 0) is 25.4 Å². The first kappa shape index (κ1) is 15.5. The average Bonchev–Trinajstić information content (AvgIpc) is 2.20. The molecule has 0 radical (unpaired) electrons. The van der Waals surface area contributed by atoms with E-state index in [2.05, 4.69) is 15.9 Å². The van der Waals surface area contributed by atoms with Crippen molar-refractivity contribution in [1.82, 2.24) is 0 Å². The summed E-state index contributed by atoms with van der Waals surface area (Å²) in [6.07, 6.45) is 1.01. The standard InChI is InChI=1S/C10H14BrNO4S2/c1-17(13,14)4-5-18(15,16)7-8-2-3-9(11)10(12)6-8/h2-3,6H,4-5,7,12H2,1H3. The molecule has 102 valence electrons. The van der Waals surface area contributed by atoms with E-state index >= 15 is 0 Å². The van der Waals surface area contributed by atoms with E-state index in [1.165, 1.54) is 0 Å². The molecule has 8 heteroatoms. The van der Waals surface area contributed by atoms with Crippen LogP contribution in [0.25, 0.3) is 0 Å². The number of sulfone groups is 2. The normalized spacial score (nSPS) is 12.6. The minimum absolute atomic E-state index is 0.208. The Morgan fingerprint density at radius 3 is 2.28 bits per heavy atom. The number of hydrogen-bond acceptors (Lipinski definition) is 5. The van der Waals surface area contributed by atoms with E-state index in [0.29, 0.717) is 15.7 Å². The lowest BCUT2D eigenvalue weighted by Crippen LogP contribution is -2.17. The van der Waals surface area contributed by atoms with Gasteiger partial charge >= 0.3 is 0 Å². The number of hydrogen-bond donors (Lipinski definition) is 1. The number of anilines is 1. The first-order valence-corrected chi connectivity index (χ1v) is 9.69. The monoisotopic (exact) mass is 355 g/mol. The predicted octanol–water partition coefficient (Wildman–Crippen LogP) is 0.991. The second kappa shape index (κ2) is 5.58. The zero-order valence-corrected chi connectivity index (χ0v) is 13.0. The van der Waals surface area contributed by atoms with Crippen LogP contribution in [0.3, 0.4) is 0 Å². The molecule has 0 saturated carbocycles. The van der Waals surface area contributed by atoms with Gasteiger partial charge in [0.05, 0.1) is 17.3 Å². The zero-order valence-electron chi connectivity index (χ0n) is 9.76. The molecule has 5 nitrogen and oxygen atoms in total. The summed E-state index contributed by atoms with van der Waals surface area (Å²) in [4.78, 5) is 0. The van der Waals surface area contributed by atoms with E-state index in [1.807, 2.05) is 0 Å². The van der Waals surface area contributed by atoms with Gasteiger partial charge < -0.3 is 5.73 Å². The minimum atomic E-state index is -3.45. The quantitative estimate of drug-likeness (QED) is 0.794. The molecule has 0 unspecified atom stereocenters. The van der Waals surface area contributed by atoms with Gasteiger partial charge in [0.2, 0.25) is 0 Å². The van der Waals surface area contributed by atoms with Gasteiger partial charge in [-0.1, -0.05) is 6.07 Å². The third-order valence-corrected chi connectivity index (χ3v) is 5.74. The van der Waals surface area contributed by atoms with Crippen LogP contribution in [-0.4, -0.2) is 34.6 Å². The fourth-order valence-corrected chi connectivity index (χ4v) is 4.59. The zero-order chi connectivity index (χ0) is 14.0. The van der Waals surface area contributed by atoms with Crippen molar-refractivity contribution < 1.29 is 16.8 Å². The van der Waals surface area contributed by atoms with E-state index in [1.54, 1.807) is 18.2 Å². The van der Waals surface area contributed by atoms with Crippen LogP contribution in [0.1, 0.15) is 5.56 Å². The number of benzene rings is 1. The van der Waals surface area contributed by atoms with E-state index in [0.717, 1.165) is 6.26 Å². The molecule has 0 aliphatic rings. The van der Waals surface area contributed by atoms with Crippen LogP contribution in [0.5, 0.6) is 0 Å². The molecule has 1 aromatic rings. The fraction of sp³-hybridized carbons (Fsp3) is 0.400. The van der Waals surface area contributed by atoms with Crippen molar-refractivity contribution in [1.29, 1.82) is 0 Å². The van der Waals surface area contributed by atoms with Crippen LogP contribution >= 0.6 is 15.9 Å². The Balaban J connectivity index is 2.80. The highest BCUT2D eigenvalue weighted by atomic mass is 79.9. The Bertz CT molecular complexity index is 638. The molecule has 2 N–H and O–H groups in total. The van der Waals surface area contributed by atoms with E-state index in [9.17, 15) is 16.8 Å². The fourth-order valence-electron chi connectivity index (χ4n) is 1.29. The molecule has 0 fully saturated rings. The van der Waals surface area contributed by atoms with Crippen molar-refractivity contribution in [3.05, 3.63) is 28.2 Å². The van der Waals surface area contributed by atoms with Crippen LogP contribution in [0.4, 0.5) is 5.69 Å². The first-order valence-electron chi connectivity index (χ1n) is 5.01. The molecule has 0 bridgehead atoms. The van der Waals surface area contributed by atoms with Crippen molar-refractivity contribution in [3.8, 4) is 0 Å². The smallest absolute Gasteiger partial charge is 0.155 e. The van der Waals surface area contributed by atoms with Crippen molar-refractivity contribution in [2.75, 3.05) is 23.5 Å². The molecule has 0 atom stereocenters. The van der Waals surface area contributed by atoms with Crippen LogP contribution < -0.4 is 5.73 Å². The van der Waals surface area contributed by atoms with Gasteiger partial charge in [0.1, 0.15) is 9.84 Å². The second-order valence-electron chi connectivity index (χ2n) is 4.08. The van der Waals surface area contributed by atoms with Crippen molar-refractivity contribution in [2.24, 2.45) is 0 Å². The van der Waals surface area contributed by atoms with Gasteiger partial charge in [0.25, 0.3) is 0 Å². The SMILES string of the molecule is CS(=O)(=O)CCS(=O)(=O)Cc1ccc(Br)c(N)c1. The summed E-state index contributed by atoms with van der Waals surface area (Å²) in [5, 5.41) is 0. The number of nitrogen functional groups attached to an aromatic ring is 1. The third-order valence-electron chi connectivity index (χ3n) is 2.21. The highest BCUT2D eigenvalue weighted by molar-refractivity contribution is 9.10. The summed E-state index contributed by atoms with van der Waals surface area (Å²) in [5.41, 5.74) is 6.64. The van der Waals surface area contributed by atoms with Gasteiger partial charge in [0, 0.05) is 16.4 Å². The molecular weight excluding hydrogens is 342 g/mol.